The van der Waals surface area contributed by atoms with E-state index in [2.05, 4.69) is 19.1 Å². The zero-order valence-electron chi connectivity index (χ0n) is 10.8. The molecule has 0 fully saturated rings. The number of hydrogen-bond donors (Lipinski definition) is 0. The molecule has 0 aliphatic carbocycles. The van der Waals surface area contributed by atoms with Crippen LogP contribution in [0.15, 0.2) is 12.2 Å². The van der Waals surface area contributed by atoms with Gasteiger partial charge in [0.15, 0.2) is 0 Å². The lowest BCUT2D eigenvalue weighted by Crippen LogP contribution is -2.03. The van der Waals surface area contributed by atoms with Gasteiger partial charge in [-0.15, -0.1) is 0 Å². The van der Waals surface area contributed by atoms with Crippen molar-refractivity contribution in [3.63, 3.8) is 0 Å². The molecule has 2 heteroatoms. The normalized spacial score (nSPS) is 10.9. The average molecular weight is 226 g/mol. The van der Waals surface area contributed by atoms with Crippen molar-refractivity contribution in [3.8, 4) is 0 Å². The number of hydrogen-bond acceptors (Lipinski definition) is 2. The Morgan fingerprint density at radius 3 is 2.38 bits per heavy atom. The summed E-state index contributed by atoms with van der Waals surface area (Å²) in [4.78, 5) is 11.0. The third-order valence-electron chi connectivity index (χ3n) is 2.46. The molecule has 0 aromatic heterocycles. The topological polar surface area (TPSA) is 26.3 Å². The molecule has 0 aliphatic rings. The first-order valence-electron chi connectivity index (χ1n) is 6.61. The molecule has 16 heavy (non-hydrogen) atoms. The van der Waals surface area contributed by atoms with Gasteiger partial charge in [-0.05, 0) is 32.6 Å². The molecule has 0 atom stereocenters. The Hall–Kier alpha value is -0.790. The van der Waals surface area contributed by atoms with E-state index >= 15 is 0 Å². The van der Waals surface area contributed by atoms with Gasteiger partial charge in [-0.3, -0.25) is 4.79 Å². The van der Waals surface area contributed by atoms with E-state index in [0.29, 0.717) is 13.0 Å². The van der Waals surface area contributed by atoms with Crippen molar-refractivity contribution in [3.05, 3.63) is 12.2 Å². The third kappa shape index (κ3) is 11.3. The van der Waals surface area contributed by atoms with E-state index in [1.165, 1.54) is 25.7 Å². The molecule has 0 aromatic rings. The second-order valence-corrected chi connectivity index (χ2v) is 3.99. The van der Waals surface area contributed by atoms with Gasteiger partial charge in [0, 0.05) is 6.42 Å². The summed E-state index contributed by atoms with van der Waals surface area (Å²) in [7, 11) is 0. The zero-order valence-corrected chi connectivity index (χ0v) is 10.8. The van der Waals surface area contributed by atoms with E-state index in [4.69, 9.17) is 4.74 Å². The number of allylic oxidation sites excluding steroid dienone is 2. The van der Waals surface area contributed by atoms with Crippen LogP contribution in [0.1, 0.15) is 65.2 Å². The van der Waals surface area contributed by atoms with Gasteiger partial charge in [0.05, 0.1) is 6.61 Å². The highest BCUT2D eigenvalue weighted by molar-refractivity contribution is 5.69. The fraction of sp³-hybridized carbons (Fsp3) is 0.786. The van der Waals surface area contributed by atoms with Crippen LogP contribution in [0.2, 0.25) is 0 Å². The molecule has 0 saturated carbocycles. The minimum atomic E-state index is -0.0478. The maximum absolute atomic E-state index is 11.0. The first-order chi connectivity index (χ1) is 7.81. The van der Waals surface area contributed by atoms with Crippen LogP contribution in [0.25, 0.3) is 0 Å². The summed E-state index contributed by atoms with van der Waals surface area (Å²) < 4.78 is 4.87. The molecule has 0 N–H and O–H groups in total. The molecule has 0 aromatic carbocycles. The van der Waals surface area contributed by atoms with Crippen LogP contribution in [0.3, 0.4) is 0 Å². The maximum atomic E-state index is 11.0. The van der Waals surface area contributed by atoms with E-state index in [9.17, 15) is 4.79 Å². The Labute approximate surface area is 100 Å². The van der Waals surface area contributed by atoms with Gasteiger partial charge >= 0.3 is 5.97 Å². The number of rotatable bonds is 10. The number of carbonyl (C=O) groups is 1. The van der Waals surface area contributed by atoms with Gasteiger partial charge in [0.25, 0.3) is 0 Å². The predicted molar refractivity (Wildman–Crippen MR) is 68.4 cm³/mol. The molecule has 0 heterocycles. The fourth-order valence-electron chi connectivity index (χ4n) is 1.58. The van der Waals surface area contributed by atoms with Crippen LogP contribution in [0.5, 0.6) is 0 Å². The quantitative estimate of drug-likeness (QED) is 0.316. The van der Waals surface area contributed by atoms with Gasteiger partial charge < -0.3 is 4.74 Å². The largest absolute Gasteiger partial charge is 0.466 e. The van der Waals surface area contributed by atoms with Crippen LogP contribution >= 0.6 is 0 Å². The van der Waals surface area contributed by atoms with Crippen molar-refractivity contribution in [1.82, 2.24) is 0 Å². The minimum absolute atomic E-state index is 0.0478. The summed E-state index contributed by atoms with van der Waals surface area (Å²) >= 11 is 0. The molecule has 0 unspecified atom stereocenters. The third-order valence-corrected chi connectivity index (χ3v) is 2.46. The van der Waals surface area contributed by atoms with Crippen molar-refractivity contribution < 1.29 is 9.53 Å². The van der Waals surface area contributed by atoms with E-state index < -0.39 is 0 Å². The molecule has 0 radical (unpaired) electrons. The van der Waals surface area contributed by atoms with Gasteiger partial charge in [0.2, 0.25) is 0 Å². The second-order valence-electron chi connectivity index (χ2n) is 3.99. The smallest absolute Gasteiger partial charge is 0.305 e. The fourth-order valence-corrected chi connectivity index (χ4v) is 1.58. The lowest BCUT2D eigenvalue weighted by atomic mass is 10.1. The van der Waals surface area contributed by atoms with Crippen LogP contribution in [0.4, 0.5) is 0 Å². The Kier molecular flexibility index (Phi) is 11.7. The highest BCUT2D eigenvalue weighted by Crippen LogP contribution is 2.08. The standard InChI is InChI=1S/C14H26O2/c1-3-5-6-7-8-9-10-11-12-13-14(15)16-4-2/h5-6H,3-4,7-13H2,1-2H3. The summed E-state index contributed by atoms with van der Waals surface area (Å²) in [5.41, 5.74) is 0. The summed E-state index contributed by atoms with van der Waals surface area (Å²) in [6, 6.07) is 0. The molecule has 0 rings (SSSR count). The minimum Gasteiger partial charge on any atom is -0.466 e. The van der Waals surface area contributed by atoms with E-state index in [1.807, 2.05) is 6.92 Å². The number of ether oxygens (including phenoxy) is 1. The highest BCUT2D eigenvalue weighted by atomic mass is 16.5. The van der Waals surface area contributed by atoms with Crippen LogP contribution in [-0.2, 0) is 9.53 Å². The van der Waals surface area contributed by atoms with Gasteiger partial charge in [-0.2, -0.15) is 0 Å². The molecule has 0 bridgehead atoms. The van der Waals surface area contributed by atoms with Crippen molar-refractivity contribution >= 4 is 5.97 Å². The van der Waals surface area contributed by atoms with E-state index in [-0.39, 0.29) is 5.97 Å². The zero-order chi connectivity index (χ0) is 12.1. The lowest BCUT2D eigenvalue weighted by molar-refractivity contribution is -0.143. The summed E-state index contributed by atoms with van der Waals surface area (Å²) in [6.45, 7) is 4.51. The monoisotopic (exact) mass is 226 g/mol. The van der Waals surface area contributed by atoms with Gasteiger partial charge in [-0.1, -0.05) is 38.3 Å². The predicted octanol–water partition coefficient (Wildman–Crippen LogP) is 4.25. The highest BCUT2D eigenvalue weighted by Gasteiger charge is 1.99. The van der Waals surface area contributed by atoms with Crippen LogP contribution in [0, 0.1) is 0 Å². The Morgan fingerprint density at radius 2 is 1.69 bits per heavy atom. The van der Waals surface area contributed by atoms with Crippen LogP contribution in [-0.4, -0.2) is 12.6 Å². The van der Waals surface area contributed by atoms with Crippen molar-refractivity contribution in [2.75, 3.05) is 6.61 Å². The molecule has 0 spiro atoms. The maximum Gasteiger partial charge on any atom is 0.305 e. The van der Waals surface area contributed by atoms with Gasteiger partial charge in [-0.25, -0.2) is 0 Å². The number of unbranched alkanes of at least 4 members (excludes halogenated alkanes) is 5. The van der Waals surface area contributed by atoms with Crippen LogP contribution < -0.4 is 0 Å². The summed E-state index contributed by atoms with van der Waals surface area (Å²) in [5, 5.41) is 0. The first kappa shape index (κ1) is 15.2. The Bertz CT molecular complexity index is 185. The van der Waals surface area contributed by atoms with Crippen molar-refractivity contribution in [2.24, 2.45) is 0 Å². The molecule has 0 amide bonds. The Balaban J connectivity index is 3.09. The SMILES string of the molecule is CCC=CCCCCCCCC(=O)OCC. The van der Waals surface area contributed by atoms with Gasteiger partial charge in [0.1, 0.15) is 0 Å². The van der Waals surface area contributed by atoms with E-state index in [1.54, 1.807) is 0 Å². The molecule has 2 nitrogen and oxygen atoms in total. The molecule has 0 saturated heterocycles. The molecule has 94 valence electrons. The summed E-state index contributed by atoms with van der Waals surface area (Å²) in [6.07, 6.45) is 13.3. The first-order valence-corrected chi connectivity index (χ1v) is 6.61. The number of carbonyl (C=O) groups excluding carboxylic acids is 1. The van der Waals surface area contributed by atoms with E-state index in [0.717, 1.165) is 19.3 Å². The van der Waals surface area contributed by atoms with Crippen molar-refractivity contribution in [2.45, 2.75) is 65.2 Å². The molecular weight excluding hydrogens is 200 g/mol. The Morgan fingerprint density at radius 1 is 1.00 bits per heavy atom. The molecule has 0 aliphatic heterocycles. The molecular formula is C14H26O2. The van der Waals surface area contributed by atoms with Crippen molar-refractivity contribution in [1.29, 1.82) is 0 Å². The average Bonchev–Trinajstić information content (AvgIpc) is 2.27. The lowest BCUT2D eigenvalue weighted by Gasteiger charge is -2.01. The number of esters is 1. The second kappa shape index (κ2) is 12.3. The summed E-state index contributed by atoms with van der Waals surface area (Å²) in [5.74, 6) is -0.0478.